The molecule has 0 aliphatic heterocycles. The number of anilines is 1. The number of primary amides is 1. The molecule has 20 heavy (non-hydrogen) atoms. The molecule has 0 aliphatic carbocycles. The Balaban J connectivity index is 2.43. The predicted octanol–water partition coefficient (Wildman–Crippen LogP) is 3.12. The first kappa shape index (κ1) is 14.1. The molecular formula is C17H20N2O. The lowest BCUT2D eigenvalue weighted by Gasteiger charge is -2.29. The SMILES string of the molecule is Cc1ccc(C(C)(Nc2ccccc2)C(N)=O)cc1C. The number of carbonyl (C=O) groups is 1. The highest BCUT2D eigenvalue weighted by atomic mass is 16.1. The van der Waals surface area contributed by atoms with Gasteiger partial charge in [0.25, 0.3) is 0 Å². The number of para-hydroxylation sites is 1. The first-order valence-electron chi connectivity index (χ1n) is 6.64. The average Bonchev–Trinajstić information content (AvgIpc) is 2.42. The van der Waals surface area contributed by atoms with Crippen LogP contribution in [0.4, 0.5) is 5.69 Å². The van der Waals surface area contributed by atoms with Crippen LogP contribution in [0.3, 0.4) is 0 Å². The van der Waals surface area contributed by atoms with Crippen molar-refractivity contribution in [1.29, 1.82) is 0 Å². The maximum absolute atomic E-state index is 12.0. The summed E-state index contributed by atoms with van der Waals surface area (Å²) in [7, 11) is 0. The van der Waals surface area contributed by atoms with Crippen LogP contribution in [0.25, 0.3) is 0 Å². The molecule has 0 aliphatic rings. The molecular weight excluding hydrogens is 248 g/mol. The van der Waals surface area contributed by atoms with Crippen LogP contribution in [0.2, 0.25) is 0 Å². The number of aryl methyl sites for hydroxylation is 2. The van der Waals surface area contributed by atoms with Crippen molar-refractivity contribution in [3.63, 3.8) is 0 Å². The maximum atomic E-state index is 12.0. The third kappa shape index (κ3) is 2.67. The van der Waals surface area contributed by atoms with Gasteiger partial charge in [0.05, 0.1) is 0 Å². The second-order valence-corrected chi connectivity index (χ2v) is 5.28. The zero-order valence-electron chi connectivity index (χ0n) is 12.1. The lowest BCUT2D eigenvalue weighted by molar-refractivity contribution is -0.122. The summed E-state index contributed by atoms with van der Waals surface area (Å²) in [4.78, 5) is 12.0. The highest BCUT2D eigenvalue weighted by Gasteiger charge is 2.33. The summed E-state index contributed by atoms with van der Waals surface area (Å²) in [5.41, 5.74) is 8.78. The second-order valence-electron chi connectivity index (χ2n) is 5.28. The molecule has 0 saturated heterocycles. The van der Waals surface area contributed by atoms with Crippen molar-refractivity contribution >= 4 is 11.6 Å². The van der Waals surface area contributed by atoms with Crippen LogP contribution in [0.15, 0.2) is 48.5 Å². The molecule has 0 spiro atoms. The van der Waals surface area contributed by atoms with Gasteiger partial charge in [-0.3, -0.25) is 4.79 Å². The number of rotatable bonds is 4. The largest absolute Gasteiger partial charge is 0.368 e. The highest BCUT2D eigenvalue weighted by Crippen LogP contribution is 2.27. The molecule has 104 valence electrons. The number of benzene rings is 2. The number of nitrogens with one attached hydrogen (secondary N) is 1. The van der Waals surface area contributed by atoms with Crippen LogP contribution in [-0.4, -0.2) is 5.91 Å². The van der Waals surface area contributed by atoms with Gasteiger partial charge in [-0.05, 0) is 49.6 Å². The third-order valence-corrected chi connectivity index (χ3v) is 3.75. The minimum Gasteiger partial charge on any atom is -0.368 e. The second kappa shape index (κ2) is 5.37. The average molecular weight is 268 g/mol. The van der Waals surface area contributed by atoms with E-state index in [1.807, 2.05) is 69.3 Å². The van der Waals surface area contributed by atoms with E-state index < -0.39 is 11.4 Å². The predicted molar refractivity (Wildman–Crippen MR) is 82.5 cm³/mol. The molecule has 0 bridgehead atoms. The summed E-state index contributed by atoms with van der Waals surface area (Å²) in [6, 6.07) is 15.6. The van der Waals surface area contributed by atoms with E-state index in [2.05, 4.69) is 5.32 Å². The summed E-state index contributed by atoms with van der Waals surface area (Å²) in [6.07, 6.45) is 0. The first-order chi connectivity index (χ1) is 9.43. The summed E-state index contributed by atoms with van der Waals surface area (Å²) < 4.78 is 0. The van der Waals surface area contributed by atoms with E-state index in [9.17, 15) is 4.79 Å². The fourth-order valence-electron chi connectivity index (χ4n) is 2.14. The van der Waals surface area contributed by atoms with Gasteiger partial charge in [-0.1, -0.05) is 36.4 Å². The van der Waals surface area contributed by atoms with Gasteiger partial charge in [0.1, 0.15) is 5.54 Å². The number of hydrogen-bond acceptors (Lipinski definition) is 2. The monoisotopic (exact) mass is 268 g/mol. The van der Waals surface area contributed by atoms with Crippen LogP contribution >= 0.6 is 0 Å². The lowest BCUT2D eigenvalue weighted by atomic mass is 9.88. The van der Waals surface area contributed by atoms with Gasteiger partial charge in [0, 0.05) is 5.69 Å². The number of nitrogens with two attached hydrogens (primary N) is 1. The molecule has 3 nitrogen and oxygen atoms in total. The molecule has 3 N–H and O–H groups in total. The van der Waals surface area contributed by atoms with Crippen LogP contribution in [0.1, 0.15) is 23.6 Å². The quantitative estimate of drug-likeness (QED) is 0.895. The molecule has 1 atom stereocenters. The Kier molecular flexibility index (Phi) is 3.79. The topological polar surface area (TPSA) is 55.1 Å². The standard InChI is InChI=1S/C17H20N2O/c1-12-9-10-14(11-13(12)2)17(3,16(18)20)19-15-7-5-4-6-8-15/h4-11,19H,1-3H3,(H2,18,20). The fourth-order valence-corrected chi connectivity index (χ4v) is 2.14. The minimum absolute atomic E-state index is 0.399. The van der Waals surface area contributed by atoms with Crippen molar-refractivity contribution in [2.75, 3.05) is 5.32 Å². The number of carbonyl (C=O) groups excluding carboxylic acids is 1. The van der Waals surface area contributed by atoms with Gasteiger partial charge in [-0.25, -0.2) is 0 Å². The van der Waals surface area contributed by atoms with Gasteiger partial charge in [0.15, 0.2) is 0 Å². The van der Waals surface area contributed by atoms with Gasteiger partial charge in [-0.15, -0.1) is 0 Å². The van der Waals surface area contributed by atoms with Crippen molar-refractivity contribution in [3.8, 4) is 0 Å². The molecule has 2 aromatic rings. The van der Waals surface area contributed by atoms with Crippen LogP contribution in [0.5, 0.6) is 0 Å². The molecule has 0 radical (unpaired) electrons. The van der Waals surface area contributed by atoms with Crippen LogP contribution < -0.4 is 11.1 Å². The normalized spacial score (nSPS) is 13.6. The van der Waals surface area contributed by atoms with E-state index in [0.717, 1.165) is 16.8 Å². The zero-order chi connectivity index (χ0) is 14.8. The first-order valence-corrected chi connectivity index (χ1v) is 6.64. The van der Waals surface area contributed by atoms with E-state index in [1.54, 1.807) is 0 Å². The Hall–Kier alpha value is -2.29. The minimum atomic E-state index is -0.931. The van der Waals surface area contributed by atoms with Crippen molar-refractivity contribution in [3.05, 3.63) is 65.2 Å². The Morgan fingerprint density at radius 1 is 1.05 bits per heavy atom. The Labute approximate surface area is 119 Å². The number of amides is 1. The van der Waals surface area contributed by atoms with E-state index in [0.29, 0.717) is 0 Å². The summed E-state index contributed by atoms with van der Waals surface area (Å²) in [6.45, 7) is 5.89. The molecule has 1 unspecified atom stereocenters. The Bertz CT molecular complexity index is 622. The third-order valence-electron chi connectivity index (χ3n) is 3.75. The van der Waals surface area contributed by atoms with Crippen molar-refractivity contribution in [2.45, 2.75) is 26.3 Å². The fraction of sp³-hybridized carbons (Fsp3) is 0.235. The van der Waals surface area contributed by atoms with Gasteiger partial charge in [0.2, 0.25) is 5.91 Å². The summed E-state index contributed by atoms with van der Waals surface area (Å²) in [5.74, 6) is -0.399. The summed E-state index contributed by atoms with van der Waals surface area (Å²) in [5, 5.41) is 3.24. The van der Waals surface area contributed by atoms with E-state index in [-0.39, 0.29) is 0 Å². The van der Waals surface area contributed by atoms with Gasteiger partial charge in [-0.2, -0.15) is 0 Å². The van der Waals surface area contributed by atoms with E-state index in [1.165, 1.54) is 5.56 Å². The molecule has 2 rings (SSSR count). The van der Waals surface area contributed by atoms with E-state index >= 15 is 0 Å². The molecule has 0 heterocycles. The number of hydrogen-bond donors (Lipinski definition) is 2. The molecule has 0 fully saturated rings. The summed E-state index contributed by atoms with van der Waals surface area (Å²) >= 11 is 0. The molecule has 2 aromatic carbocycles. The molecule has 0 saturated carbocycles. The van der Waals surface area contributed by atoms with Crippen molar-refractivity contribution < 1.29 is 4.79 Å². The molecule has 3 heteroatoms. The highest BCUT2D eigenvalue weighted by molar-refractivity contribution is 5.89. The van der Waals surface area contributed by atoms with Crippen molar-refractivity contribution in [2.24, 2.45) is 5.73 Å². The van der Waals surface area contributed by atoms with E-state index in [4.69, 9.17) is 5.73 Å². The van der Waals surface area contributed by atoms with Crippen LogP contribution in [0, 0.1) is 13.8 Å². The molecule has 1 amide bonds. The lowest BCUT2D eigenvalue weighted by Crippen LogP contribution is -2.45. The zero-order valence-corrected chi connectivity index (χ0v) is 12.1. The maximum Gasteiger partial charge on any atom is 0.247 e. The molecule has 0 aromatic heterocycles. The van der Waals surface area contributed by atoms with Gasteiger partial charge < -0.3 is 11.1 Å². The Morgan fingerprint density at radius 3 is 2.25 bits per heavy atom. The smallest absolute Gasteiger partial charge is 0.247 e. The van der Waals surface area contributed by atoms with Crippen molar-refractivity contribution in [1.82, 2.24) is 0 Å². The van der Waals surface area contributed by atoms with Crippen LogP contribution in [-0.2, 0) is 10.3 Å². The Morgan fingerprint density at radius 2 is 1.70 bits per heavy atom. The van der Waals surface area contributed by atoms with Gasteiger partial charge >= 0.3 is 0 Å².